The van der Waals surface area contributed by atoms with Crippen molar-refractivity contribution >= 4 is 0 Å². The van der Waals surface area contributed by atoms with Gasteiger partial charge in [0, 0.05) is 0 Å². The molecule has 0 unspecified atom stereocenters. The van der Waals surface area contributed by atoms with E-state index in [-0.39, 0.29) is 6.10 Å². The quantitative estimate of drug-likeness (QED) is 0.556. The van der Waals surface area contributed by atoms with Gasteiger partial charge in [-0.25, -0.2) is 9.97 Å². The molecule has 0 spiro atoms. The third kappa shape index (κ3) is 3.15. The standard InChI is InChI=1S/C11H15FN2O/c12-10-7-11(14-8-13-10)15-9-5-3-1-2-4-6-9/h7-9H,1-6H2. The molecule has 1 aromatic heterocycles. The number of hydrogen-bond donors (Lipinski definition) is 0. The van der Waals surface area contributed by atoms with Crippen molar-refractivity contribution in [2.75, 3.05) is 0 Å². The first-order valence-electron chi connectivity index (χ1n) is 5.49. The zero-order valence-electron chi connectivity index (χ0n) is 8.66. The molecule has 2 rings (SSSR count). The van der Waals surface area contributed by atoms with Gasteiger partial charge in [-0.1, -0.05) is 12.8 Å². The van der Waals surface area contributed by atoms with Crippen molar-refractivity contribution in [1.29, 1.82) is 0 Å². The van der Waals surface area contributed by atoms with E-state index in [0.717, 1.165) is 12.8 Å². The Morgan fingerprint density at radius 3 is 2.53 bits per heavy atom. The van der Waals surface area contributed by atoms with E-state index in [0.29, 0.717) is 5.88 Å². The van der Waals surface area contributed by atoms with Crippen molar-refractivity contribution in [1.82, 2.24) is 9.97 Å². The number of aromatic nitrogens is 2. The smallest absolute Gasteiger partial charge is 0.219 e. The second-order valence-electron chi connectivity index (χ2n) is 3.91. The molecule has 1 aromatic rings. The van der Waals surface area contributed by atoms with Crippen LogP contribution in [0.25, 0.3) is 0 Å². The van der Waals surface area contributed by atoms with E-state index in [1.807, 2.05) is 0 Å². The van der Waals surface area contributed by atoms with E-state index in [1.165, 1.54) is 38.1 Å². The fraction of sp³-hybridized carbons (Fsp3) is 0.636. The minimum absolute atomic E-state index is 0.196. The average molecular weight is 210 g/mol. The predicted octanol–water partition coefficient (Wildman–Crippen LogP) is 2.72. The lowest BCUT2D eigenvalue weighted by atomic mass is 10.1. The Morgan fingerprint density at radius 2 is 1.87 bits per heavy atom. The fourth-order valence-electron chi connectivity index (χ4n) is 1.91. The van der Waals surface area contributed by atoms with Gasteiger partial charge in [-0.3, -0.25) is 0 Å². The number of ether oxygens (including phenoxy) is 1. The molecule has 15 heavy (non-hydrogen) atoms. The van der Waals surface area contributed by atoms with Crippen molar-refractivity contribution in [3.63, 3.8) is 0 Å². The predicted molar refractivity (Wildman–Crippen MR) is 54.1 cm³/mol. The Bertz CT molecular complexity index is 311. The zero-order valence-corrected chi connectivity index (χ0v) is 8.66. The monoisotopic (exact) mass is 210 g/mol. The Labute approximate surface area is 88.7 Å². The topological polar surface area (TPSA) is 35.0 Å². The van der Waals surface area contributed by atoms with Crippen molar-refractivity contribution in [3.05, 3.63) is 18.3 Å². The van der Waals surface area contributed by atoms with Crippen LogP contribution in [0.4, 0.5) is 4.39 Å². The first-order valence-corrected chi connectivity index (χ1v) is 5.49. The van der Waals surface area contributed by atoms with E-state index >= 15 is 0 Å². The Morgan fingerprint density at radius 1 is 1.13 bits per heavy atom. The Kier molecular flexibility index (Phi) is 3.48. The molecule has 1 aliphatic carbocycles. The van der Waals surface area contributed by atoms with Gasteiger partial charge in [0.2, 0.25) is 11.8 Å². The molecule has 1 heterocycles. The summed E-state index contributed by atoms with van der Waals surface area (Å²) in [5.41, 5.74) is 0. The summed E-state index contributed by atoms with van der Waals surface area (Å²) < 4.78 is 18.4. The lowest BCUT2D eigenvalue weighted by Crippen LogP contribution is -2.16. The van der Waals surface area contributed by atoms with Gasteiger partial charge in [0.05, 0.1) is 6.07 Å². The summed E-state index contributed by atoms with van der Waals surface area (Å²) in [5, 5.41) is 0. The molecule has 0 aromatic carbocycles. The molecular weight excluding hydrogens is 195 g/mol. The molecule has 1 aliphatic rings. The largest absolute Gasteiger partial charge is 0.474 e. The van der Waals surface area contributed by atoms with E-state index in [2.05, 4.69) is 9.97 Å². The summed E-state index contributed by atoms with van der Waals surface area (Å²) >= 11 is 0. The number of nitrogens with zero attached hydrogens (tertiary/aromatic N) is 2. The lowest BCUT2D eigenvalue weighted by molar-refractivity contribution is 0.175. The molecule has 0 radical (unpaired) electrons. The van der Waals surface area contributed by atoms with Crippen LogP contribution in [-0.4, -0.2) is 16.1 Å². The zero-order chi connectivity index (χ0) is 10.5. The summed E-state index contributed by atoms with van der Waals surface area (Å²) in [6.07, 6.45) is 8.42. The van der Waals surface area contributed by atoms with Crippen LogP contribution in [0.3, 0.4) is 0 Å². The van der Waals surface area contributed by atoms with Gasteiger partial charge in [-0.05, 0) is 25.7 Å². The van der Waals surface area contributed by atoms with E-state index in [1.54, 1.807) is 0 Å². The Balaban J connectivity index is 1.95. The fourth-order valence-corrected chi connectivity index (χ4v) is 1.91. The van der Waals surface area contributed by atoms with Crippen LogP contribution in [0.15, 0.2) is 12.4 Å². The highest BCUT2D eigenvalue weighted by molar-refractivity contribution is 5.06. The average Bonchev–Trinajstić information content (AvgIpc) is 2.46. The summed E-state index contributed by atoms with van der Waals surface area (Å²) in [7, 11) is 0. The molecule has 4 heteroatoms. The van der Waals surface area contributed by atoms with Crippen LogP contribution in [-0.2, 0) is 0 Å². The summed E-state index contributed by atoms with van der Waals surface area (Å²) in [6.45, 7) is 0. The molecule has 1 fully saturated rings. The third-order valence-electron chi connectivity index (χ3n) is 2.70. The van der Waals surface area contributed by atoms with Crippen LogP contribution >= 0.6 is 0 Å². The highest BCUT2D eigenvalue weighted by Gasteiger charge is 2.14. The maximum Gasteiger partial charge on any atom is 0.219 e. The van der Waals surface area contributed by atoms with Crippen LogP contribution in [0.1, 0.15) is 38.5 Å². The SMILES string of the molecule is Fc1cc(OC2CCCCCC2)ncn1. The lowest BCUT2D eigenvalue weighted by Gasteiger charge is -2.15. The molecule has 0 amide bonds. The summed E-state index contributed by atoms with van der Waals surface area (Å²) in [5.74, 6) is -0.178. The van der Waals surface area contributed by atoms with Gasteiger partial charge in [-0.2, -0.15) is 4.39 Å². The molecular formula is C11H15FN2O. The van der Waals surface area contributed by atoms with E-state index in [9.17, 15) is 4.39 Å². The van der Waals surface area contributed by atoms with Crippen LogP contribution < -0.4 is 4.74 Å². The van der Waals surface area contributed by atoms with Gasteiger partial charge in [0.15, 0.2) is 0 Å². The highest BCUT2D eigenvalue weighted by Crippen LogP contribution is 2.21. The first kappa shape index (κ1) is 10.3. The maximum absolute atomic E-state index is 12.8. The van der Waals surface area contributed by atoms with Gasteiger partial charge in [-0.15, -0.1) is 0 Å². The second kappa shape index (κ2) is 5.05. The van der Waals surface area contributed by atoms with Gasteiger partial charge in [0.1, 0.15) is 12.4 Å². The second-order valence-corrected chi connectivity index (χ2v) is 3.91. The summed E-state index contributed by atoms with van der Waals surface area (Å²) in [4.78, 5) is 7.28. The Hall–Kier alpha value is -1.19. The first-order chi connectivity index (χ1) is 7.34. The molecule has 0 saturated heterocycles. The van der Waals surface area contributed by atoms with Crippen LogP contribution in [0, 0.1) is 5.95 Å². The summed E-state index contributed by atoms with van der Waals surface area (Å²) in [6, 6.07) is 1.24. The van der Waals surface area contributed by atoms with Crippen molar-refractivity contribution < 1.29 is 9.13 Å². The third-order valence-corrected chi connectivity index (χ3v) is 2.70. The number of halogens is 1. The molecule has 0 aliphatic heterocycles. The molecule has 3 nitrogen and oxygen atoms in total. The van der Waals surface area contributed by atoms with Crippen LogP contribution in [0.2, 0.25) is 0 Å². The minimum Gasteiger partial charge on any atom is -0.474 e. The number of rotatable bonds is 2. The molecule has 1 saturated carbocycles. The van der Waals surface area contributed by atoms with Crippen molar-refractivity contribution in [3.8, 4) is 5.88 Å². The van der Waals surface area contributed by atoms with Crippen molar-refractivity contribution in [2.24, 2.45) is 0 Å². The molecule has 0 atom stereocenters. The molecule has 0 bridgehead atoms. The highest BCUT2D eigenvalue weighted by atomic mass is 19.1. The molecule has 0 N–H and O–H groups in total. The van der Waals surface area contributed by atoms with Crippen molar-refractivity contribution in [2.45, 2.75) is 44.6 Å². The minimum atomic E-state index is -0.534. The molecule has 82 valence electrons. The number of hydrogen-bond acceptors (Lipinski definition) is 3. The van der Waals surface area contributed by atoms with Gasteiger partial charge >= 0.3 is 0 Å². The maximum atomic E-state index is 12.8. The van der Waals surface area contributed by atoms with Crippen LogP contribution in [0.5, 0.6) is 5.88 Å². The van der Waals surface area contributed by atoms with Gasteiger partial charge < -0.3 is 4.74 Å². The van der Waals surface area contributed by atoms with Gasteiger partial charge in [0.25, 0.3) is 0 Å². The normalized spacial score (nSPS) is 18.5. The van der Waals surface area contributed by atoms with E-state index in [4.69, 9.17) is 4.74 Å². The van der Waals surface area contributed by atoms with E-state index < -0.39 is 5.95 Å².